The Bertz CT molecular complexity index is 665. The molecule has 0 aliphatic carbocycles. The van der Waals surface area contributed by atoms with Crippen LogP contribution in [-0.4, -0.2) is 17.4 Å². The molecule has 3 nitrogen and oxygen atoms in total. The quantitative estimate of drug-likeness (QED) is 0.754. The van der Waals surface area contributed by atoms with Crippen LogP contribution in [0.5, 0.6) is 0 Å². The monoisotopic (exact) mass is 339 g/mol. The van der Waals surface area contributed by atoms with Gasteiger partial charge in [0, 0.05) is 19.4 Å². The minimum atomic E-state index is -4.39. The van der Waals surface area contributed by atoms with E-state index in [9.17, 15) is 18.0 Å². The molecule has 2 rings (SSSR count). The van der Waals surface area contributed by atoms with Gasteiger partial charge in [0.25, 0.3) is 0 Å². The molecule has 0 spiro atoms. The number of alkyl halides is 3. The number of rotatable bonds is 6. The van der Waals surface area contributed by atoms with Gasteiger partial charge in [0.1, 0.15) is 5.76 Å². The third-order valence-electron chi connectivity index (χ3n) is 3.99. The second-order valence-corrected chi connectivity index (χ2v) is 5.56. The zero-order valence-electron chi connectivity index (χ0n) is 13.6. The molecule has 6 heteroatoms. The van der Waals surface area contributed by atoms with Crippen LogP contribution in [0.15, 0.2) is 47.1 Å². The molecule has 0 fully saturated rings. The number of hydrogen-bond acceptors (Lipinski definition) is 2. The predicted molar refractivity (Wildman–Crippen MR) is 84.3 cm³/mol. The lowest BCUT2D eigenvalue weighted by Gasteiger charge is -2.29. The van der Waals surface area contributed by atoms with Gasteiger partial charge in [-0.3, -0.25) is 4.79 Å². The number of benzene rings is 1. The highest BCUT2D eigenvalue weighted by atomic mass is 19.4. The van der Waals surface area contributed by atoms with Crippen molar-refractivity contribution in [1.29, 1.82) is 0 Å². The van der Waals surface area contributed by atoms with Crippen molar-refractivity contribution < 1.29 is 22.4 Å². The summed E-state index contributed by atoms with van der Waals surface area (Å²) in [7, 11) is 0. The molecular weight excluding hydrogens is 319 g/mol. The van der Waals surface area contributed by atoms with Gasteiger partial charge in [-0.1, -0.05) is 12.1 Å². The number of carbonyl (C=O) groups is 1. The zero-order valence-corrected chi connectivity index (χ0v) is 13.6. The van der Waals surface area contributed by atoms with E-state index in [0.717, 1.165) is 12.1 Å². The molecule has 0 bridgehead atoms. The van der Waals surface area contributed by atoms with Gasteiger partial charge in [-0.15, -0.1) is 0 Å². The maximum atomic E-state index is 12.9. The molecule has 130 valence electrons. The molecule has 2 aromatic rings. The number of nitrogens with zero attached hydrogens (tertiary/aromatic N) is 1. The average Bonchev–Trinajstić information content (AvgIpc) is 3.06. The maximum absolute atomic E-state index is 12.9. The lowest BCUT2D eigenvalue weighted by Crippen LogP contribution is -2.33. The summed E-state index contributed by atoms with van der Waals surface area (Å²) in [5, 5.41) is 0. The van der Waals surface area contributed by atoms with Crippen molar-refractivity contribution in [3.8, 4) is 0 Å². The molecule has 0 aliphatic rings. The van der Waals surface area contributed by atoms with E-state index in [0.29, 0.717) is 24.3 Å². The normalized spacial score (nSPS) is 12.9. The summed E-state index contributed by atoms with van der Waals surface area (Å²) in [6.07, 6.45) is -2.12. The van der Waals surface area contributed by atoms with Gasteiger partial charge < -0.3 is 9.32 Å². The third kappa shape index (κ3) is 4.40. The number of carbonyl (C=O) groups excluding carboxylic acids is 1. The molecule has 0 aliphatic heterocycles. The van der Waals surface area contributed by atoms with Crippen molar-refractivity contribution in [2.24, 2.45) is 0 Å². The van der Waals surface area contributed by atoms with Gasteiger partial charge in [0.2, 0.25) is 5.91 Å². The maximum Gasteiger partial charge on any atom is 0.416 e. The average molecular weight is 339 g/mol. The first-order valence-corrected chi connectivity index (χ1v) is 7.82. The summed E-state index contributed by atoms with van der Waals surface area (Å²) < 4.78 is 43.8. The Balaban J connectivity index is 2.10. The van der Waals surface area contributed by atoms with Crippen LogP contribution in [-0.2, 0) is 17.4 Å². The number of halogens is 3. The molecule has 1 amide bonds. The fraction of sp³-hybridized carbons (Fsp3) is 0.389. The second-order valence-electron chi connectivity index (χ2n) is 5.56. The van der Waals surface area contributed by atoms with Crippen LogP contribution in [0.1, 0.15) is 43.2 Å². The third-order valence-corrected chi connectivity index (χ3v) is 3.99. The van der Waals surface area contributed by atoms with Crippen molar-refractivity contribution in [3.05, 3.63) is 59.5 Å². The summed E-state index contributed by atoms with van der Waals surface area (Å²) >= 11 is 0. The van der Waals surface area contributed by atoms with Gasteiger partial charge in [-0.05, 0) is 43.7 Å². The number of furan rings is 1. The predicted octanol–water partition coefficient (Wildman–Crippen LogP) is 4.84. The molecule has 1 atom stereocenters. The molecule has 0 radical (unpaired) electrons. The molecule has 0 saturated heterocycles. The molecular formula is C18H20F3NO2. The summed E-state index contributed by atoms with van der Waals surface area (Å²) in [6.45, 7) is 3.98. The van der Waals surface area contributed by atoms with E-state index in [-0.39, 0.29) is 12.3 Å². The second kappa shape index (κ2) is 7.55. The number of aryl methyl sites for hydroxylation is 1. The summed E-state index contributed by atoms with van der Waals surface area (Å²) in [5.41, 5.74) is -0.232. The standard InChI is InChI=1S/C18H20F3NO2/c1-3-22(17(23)10-9-16-8-5-11-24-16)13(2)14-6-4-7-15(12-14)18(19,20)21/h4-8,11-13H,3,9-10H2,1-2H3. The van der Waals surface area contributed by atoms with E-state index in [1.807, 2.05) is 6.92 Å². The zero-order chi connectivity index (χ0) is 17.7. The molecule has 0 saturated carbocycles. The van der Waals surface area contributed by atoms with Crippen LogP contribution in [0.3, 0.4) is 0 Å². The Morgan fingerprint density at radius 3 is 2.58 bits per heavy atom. The topological polar surface area (TPSA) is 33.5 Å². The van der Waals surface area contributed by atoms with Crippen molar-refractivity contribution in [3.63, 3.8) is 0 Å². The molecule has 1 aromatic carbocycles. The van der Waals surface area contributed by atoms with E-state index in [1.54, 1.807) is 36.3 Å². The van der Waals surface area contributed by atoms with Crippen LogP contribution in [0, 0.1) is 0 Å². The van der Waals surface area contributed by atoms with Gasteiger partial charge >= 0.3 is 6.18 Å². The lowest BCUT2D eigenvalue weighted by atomic mass is 10.0. The first-order chi connectivity index (χ1) is 11.3. The van der Waals surface area contributed by atoms with Crippen LogP contribution in [0.2, 0.25) is 0 Å². The Hall–Kier alpha value is -2.24. The SMILES string of the molecule is CCN(C(=O)CCc1ccco1)C(C)c1cccc(C(F)(F)F)c1. The molecule has 1 heterocycles. The Morgan fingerprint density at radius 1 is 1.25 bits per heavy atom. The van der Waals surface area contributed by atoms with E-state index >= 15 is 0 Å². The van der Waals surface area contributed by atoms with E-state index in [4.69, 9.17) is 4.42 Å². The first kappa shape index (κ1) is 18.1. The molecule has 1 aromatic heterocycles. The van der Waals surface area contributed by atoms with Gasteiger partial charge in [0.15, 0.2) is 0 Å². The summed E-state index contributed by atoms with van der Waals surface area (Å²) in [5.74, 6) is 0.602. The molecule has 0 N–H and O–H groups in total. The van der Waals surface area contributed by atoms with Crippen molar-refractivity contribution in [2.75, 3.05) is 6.54 Å². The van der Waals surface area contributed by atoms with Crippen molar-refractivity contribution in [2.45, 2.75) is 38.9 Å². The number of hydrogen-bond donors (Lipinski definition) is 0. The molecule has 24 heavy (non-hydrogen) atoms. The van der Waals surface area contributed by atoms with Crippen LogP contribution < -0.4 is 0 Å². The fourth-order valence-corrected chi connectivity index (χ4v) is 2.65. The van der Waals surface area contributed by atoms with E-state index < -0.39 is 17.8 Å². The highest BCUT2D eigenvalue weighted by Gasteiger charge is 2.31. The van der Waals surface area contributed by atoms with Crippen LogP contribution in [0.25, 0.3) is 0 Å². The largest absolute Gasteiger partial charge is 0.469 e. The Labute approximate surface area is 139 Å². The highest BCUT2D eigenvalue weighted by molar-refractivity contribution is 5.76. The smallest absolute Gasteiger partial charge is 0.416 e. The van der Waals surface area contributed by atoms with Gasteiger partial charge in [0.05, 0.1) is 17.9 Å². The highest BCUT2D eigenvalue weighted by Crippen LogP contribution is 2.32. The van der Waals surface area contributed by atoms with Crippen LogP contribution >= 0.6 is 0 Å². The lowest BCUT2D eigenvalue weighted by molar-refractivity contribution is -0.137. The van der Waals surface area contributed by atoms with Crippen LogP contribution in [0.4, 0.5) is 13.2 Å². The van der Waals surface area contributed by atoms with Crippen molar-refractivity contribution >= 4 is 5.91 Å². The fourth-order valence-electron chi connectivity index (χ4n) is 2.65. The Kier molecular flexibility index (Phi) is 5.70. The Morgan fingerprint density at radius 2 is 2.00 bits per heavy atom. The minimum absolute atomic E-state index is 0.112. The van der Waals surface area contributed by atoms with Gasteiger partial charge in [-0.2, -0.15) is 13.2 Å². The van der Waals surface area contributed by atoms with E-state index in [1.165, 1.54) is 6.07 Å². The summed E-state index contributed by atoms with van der Waals surface area (Å²) in [6, 6.07) is 8.24. The summed E-state index contributed by atoms with van der Waals surface area (Å²) in [4.78, 5) is 14.0. The first-order valence-electron chi connectivity index (χ1n) is 7.82. The van der Waals surface area contributed by atoms with Crippen molar-refractivity contribution in [1.82, 2.24) is 4.90 Å². The van der Waals surface area contributed by atoms with E-state index in [2.05, 4.69) is 0 Å². The minimum Gasteiger partial charge on any atom is -0.469 e. The molecule has 1 unspecified atom stereocenters. The van der Waals surface area contributed by atoms with Gasteiger partial charge in [-0.25, -0.2) is 0 Å². The number of amides is 1.